The summed E-state index contributed by atoms with van der Waals surface area (Å²) in [5.41, 5.74) is 4.05. The van der Waals surface area contributed by atoms with Gasteiger partial charge in [0, 0.05) is 7.11 Å². The fraction of sp³-hybridized carbons (Fsp3) is 0.480. The lowest BCUT2D eigenvalue weighted by Crippen LogP contribution is -2.53. The predicted molar refractivity (Wildman–Crippen MR) is 141 cm³/mol. The molecule has 1 fully saturated rings. The van der Waals surface area contributed by atoms with Gasteiger partial charge in [0.2, 0.25) is 0 Å². The minimum absolute atomic E-state index is 0.0698. The molecule has 0 spiro atoms. The smallest absolute Gasteiger partial charge is 0.459 e. The molecule has 218 valence electrons. The second kappa shape index (κ2) is 12.6. The molecule has 1 aliphatic rings. The maximum Gasteiger partial charge on any atom is 0.459 e. The van der Waals surface area contributed by atoms with Crippen LogP contribution in [-0.2, 0) is 23.4 Å². The molecule has 1 saturated carbocycles. The molecule has 0 saturated heterocycles. The molecular weight excluding hydrogens is 548 g/mol. The minimum Gasteiger partial charge on any atom is -0.464 e. The van der Waals surface area contributed by atoms with E-state index in [0.29, 0.717) is 11.4 Å². The molecule has 40 heavy (non-hydrogen) atoms. The van der Waals surface area contributed by atoms with E-state index in [4.69, 9.17) is 24.3 Å². The van der Waals surface area contributed by atoms with Crippen molar-refractivity contribution in [3.8, 4) is 5.75 Å². The van der Waals surface area contributed by atoms with Crippen LogP contribution < -0.4 is 15.3 Å². The van der Waals surface area contributed by atoms with E-state index in [2.05, 4.69) is 15.2 Å². The SMILES string of the molecule is CO[C@](CF)(COP(=O)(N[C@@H](C)C(=O)OCC1CC1)Oc1ccccc1)[C@@H](O)[C@@H](O)c1ccc2c(N)ncnn12. The van der Waals surface area contributed by atoms with Gasteiger partial charge in [-0.05, 0) is 49.9 Å². The van der Waals surface area contributed by atoms with Crippen molar-refractivity contribution in [3.63, 3.8) is 0 Å². The van der Waals surface area contributed by atoms with Gasteiger partial charge in [0.1, 0.15) is 48.1 Å². The molecular formula is C25H33FN5O8P. The molecule has 5 N–H and O–H groups in total. The van der Waals surface area contributed by atoms with E-state index in [9.17, 15) is 24.0 Å². The van der Waals surface area contributed by atoms with Crippen molar-refractivity contribution < 1.29 is 42.5 Å². The van der Waals surface area contributed by atoms with Gasteiger partial charge in [-0.1, -0.05) is 18.2 Å². The van der Waals surface area contributed by atoms with Gasteiger partial charge in [-0.2, -0.15) is 10.2 Å². The van der Waals surface area contributed by atoms with E-state index in [1.54, 1.807) is 18.2 Å². The maximum atomic E-state index is 14.6. The Morgan fingerprint density at radius 2 is 2.00 bits per heavy atom. The van der Waals surface area contributed by atoms with Crippen LogP contribution in [0.1, 0.15) is 31.6 Å². The first-order valence-corrected chi connectivity index (χ1v) is 14.1. The van der Waals surface area contributed by atoms with Crippen molar-refractivity contribution in [2.45, 2.75) is 43.6 Å². The molecule has 0 radical (unpaired) electrons. The Morgan fingerprint density at radius 3 is 2.65 bits per heavy atom. The maximum absolute atomic E-state index is 14.6. The van der Waals surface area contributed by atoms with E-state index < -0.39 is 50.8 Å². The van der Waals surface area contributed by atoms with E-state index in [-0.39, 0.29) is 23.9 Å². The number of para-hydroxylation sites is 1. The van der Waals surface area contributed by atoms with Gasteiger partial charge in [0.05, 0.1) is 18.9 Å². The fourth-order valence-electron chi connectivity index (χ4n) is 3.89. The number of halogens is 1. The van der Waals surface area contributed by atoms with Crippen LogP contribution in [0.15, 0.2) is 48.8 Å². The number of carbonyl (C=O) groups excluding carboxylic acids is 1. The number of carbonyl (C=O) groups is 1. The lowest BCUT2D eigenvalue weighted by atomic mass is 9.93. The Hall–Kier alpha value is -3.13. The summed E-state index contributed by atoms with van der Waals surface area (Å²) in [6.07, 6.45) is -0.572. The van der Waals surface area contributed by atoms with Crippen LogP contribution in [0.3, 0.4) is 0 Å². The number of hydrogen-bond donors (Lipinski definition) is 4. The first-order valence-electron chi connectivity index (χ1n) is 12.6. The molecule has 0 aliphatic heterocycles. The number of aliphatic hydroxyl groups excluding tert-OH is 2. The molecule has 1 unspecified atom stereocenters. The summed E-state index contributed by atoms with van der Waals surface area (Å²) in [6.45, 7) is -0.534. The summed E-state index contributed by atoms with van der Waals surface area (Å²) in [7, 11) is -3.31. The summed E-state index contributed by atoms with van der Waals surface area (Å²) in [5, 5.41) is 28.6. The molecule has 0 amide bonds. The normalized spacial score (nSPS) is 18.8. The van der Waals surface area contributed by atoms with Gasteiger partial charge in [-0.3, -0.25) is 9.32 Å². The number of rotatable bonds is 15. The number of anilines is 1. The molecule has 2 aromatic heterocycles. The highest BCUT2D eigenvalue weighted by atomic mass is 31.2. The molecule has 3 aromatic rings. The summed E-state index contributed by atoms with van der Waals surface area (Å²) in [6, 6.07) is 9.84. The Balaban J connectivity index is 1.54. The molecule has 4 rings (SSSR count). The minimum atomic E-state index is -4.41. The highest BCUT2D eigenvalue weighted by molar-refractivity contribution is 7.52. The van der Waals surface area contributed by atoms with E-state index in [1.807, 2.05) is 0 Å². The quantitative estimate of drug-likeness (QED) is 0.152. The number of nitrogens with one attached hydrogen (secondary N) is 1. The number of nitrogen functional groups attached to an aromatic ring is 1. The monoisotopic (exact) mass is 581 g/mol. The largest absolute Gasteiger partial charge is 0.464 e. The molecule has 2 heterocycles. The topological polar surface area (TPSA) is 180 Å². The van der Waals surface area contributed by atoms with Crippen molar-refractivity contribution in [3.05, 3.63) is 54.5 Å². The summed E-state index contributed by atoms with van der Waals surface area (Å²) in [5.74, 6) is -0.0878. The number of methoxy groups -OCH3 is 1. The van der Waals surface area contributed by atoms with Gasteiger partial charge in [-0.25, -0.2) is 18.5 Å². The van der Waals surface area contributed by atoms with Crippen LogP contribution in [-0.4, -0.2) is 75.5 Å². The van der Waals surface area contributed by atoms with Crippen molar-refractivity contribution in [2.24, 2.45) is 5.92 Å². The lowest BCUT2D eigenvalue weighted by Gasteiger charge is -2.37. The third kappa shape index (κ3) is 6.77. The van der Waals surface area contributed by atoms with Gasteiger partial charge >= 0.3 is 13.7 Å². The molecule has 1 aromatic carbocycles. The number of aliphatic hydroxyl groups is 2. The lowest BCUT2D eigenvalue weighted by molar-refractivity contribution is -0.170. The zero-order valence-corrected chi connectivity index (χ0v) is 22.9. The first kappa shape index (κ1) is 29.8. The fourth-order valence-corrected chi connectivity index (χ4v) is 5.43. The zero-order chi connectivity index (χ0) is 28.9. The van der Waals surface area contributed by atoms with Crippen LogP contribution in [0.25, 0.3) is 5.52 Å². The number of ether oxygens (including phenoxy) is 2. The number of aromatic nitrogens is 3. The number of fused-ring (bicyclic) bond motifs is 1. The van der Waals surface area contributed by atoms with Gasteiger partial charge < -0.3 is 29.9 Å². The Morgan fingerprint density at radius 1 is 1.27 bits per heavy atom. The molecule has 1 aliphatic carbocycles. The van der Waals surface area contributed by atoms with Gasteiger partial charge in [0.15, 0.2) is 5.82 Å². The third-order valence-electron chi connectivity index (χ3n) is 6.60. The van der Waals surface area contributed by atoms with Crippen LogP contribution in [0.5, 0.6) is 5.75 Å². The van der Waals surface area contributed by atoms with E-state index >= 15 is 0 Å². The van der Waals surface area contributed by atoms with Crippen molar-refractivity contribution in [1.29, 1.82) is 0 Å². The van der Waals surface area contributed by atoms with Crippen molar-refractivity contribution in [1.82, 2.24) is 19.7 Å². The number of esters is 1. The number of hydrogen-bond acceptors (Lipinski definition) is 11. The molecule has 5 atom stereocenters. The second-order valence-corrected chi connectivity index (χ2v) is 11.3. The molecule has 0 bridgehead atoms. The number of benzene rings is 1. The van der Waals surface area contributed by atoms with Crippen molar-refractivity contribution >= 4 is 25.1 Å². The van der Waals surface area contributed by atoms with Gasteiger partial charge in [-0.15, -0.1) is 0 Å². The standard InChI is InChI=1S/C25H33FN5O8P/c1-16(24(34)37-12-17-8-9-17)30-40(35,39-18-6-4-3-5-7-18)38-14-25(13-26,36-2)22(33)21(32)19-10-11-20-23(27)28-15-29-31(19)20/h3-7,10-11,15-17,21-22,32-33H,8-9,12-14H2,1-2H3,(H,30,35)(H2,27,28,29)/t16-,21-,22-,25+,40?/m0/s1. The van der Waals surface area contributed by atoms with Crippen LogP contribution >= 0.6 is 7.75 Å². The summed E-state index contributed by atoms with van der Waals surface area (Å²) in [4.78, 5) is 16.4. The zero-order valence-electron chi connectivity index (χ0n) is 22.1. The van der Waals surface area contributed by atoms with Crippen LogP contribution in [0.4, 0.5) is 10.2 Å². The highest BCUT2D eigenvalue weighted by Crippen LogP contribution is 2.46. The van der Waals surface area contributed by atoms with Crippen LogP contribution in [0.2, 0.25) is 0 Å². The first-order chi connectivity index (χ1) is 19.1. The average molecular weight is 582 g/mol. The Bertz CT molecular complexity index is 1340. The van der Waals surface area contributed by atoms with Crippen LogP contribution in [0, 0.1) is 5.92 Å². The molecule has 13 nitrogen and oxygen atoms in total. The van der Waals surface area contributed by atoms with Crippen molar-refractivity contribution in [2.75, 3.05) is 32.7 Å². The predicted octanol–water partition coefficient (Wildman–Crippen LogP) is 2.20. The average Bonchev–Trinajstić information content (AvgIpc) is 3.68. The summed E-state index contributed by atoms with van der Waals surface area (Å²) < 4.78 is 51.4. The summed E-state index contributed by atoms with van der Waals surface area (Å²) >= 11 is 0. The number of nitrogens with zero attached hydrogens (tertiary/aromatic N) is 3. The van der Waals surface area contributed by atoms with E-state index in [0.717, 1.165) is 26.3 Å². The molecule has 15 heteroatoms. The Kier molecular flexibility index (Phi) is 9.39. The number of nitrogens with two attached hydrogens (primary N) is 1. The third-order valence-corrected chi connectivity index (χ3v) is 8.22. The number of alkyl halides is 1. The van der Waals surface area contributed by atoms with Gasteiger partial charge in [0.25, 0.3) is 0 Å². The highest BCUT2D eigenvalue weighted by Gasteiger charge is 2.47. The Labute approximate surface area is 230 Å². The second-order valence-electron chi connectivity index (χ2n) is 9.59. The van der Waals surface area contributed by atoms with E-state index in [1.165, 1.54) is 35.7 Å².